The van der Waals surface area contributed by atoms with Crippen molar-refractivity contribution in [2.24, 2.45) is 0 Å². The van der Waals surface area contributed by atoms with Gasteiger partial charge in [0.15, 0.2) is 5.69 Å². The van der Waals surface area contributed by atoms with Gasteiger partial charge in [0.25, 0.3) is 5.91 Å². The molecule has 148 valence electrons. The molecule has 0 bridgehead atoms. The first-order valence-electron chi connectivity index (χ1n) is 9.16. The summed E-state index contributed by atoms with van der Waals surface area (Å²) in [5.74, 6) is -0.132. The smallest absolute Gasteiger partial charge is 0.275 e. The highest BCUT2D eigenvalue weighted by atomic mass is 79.9. The number of amides is 1. The molecule has 0 aliphatic carbocycles. The van der Waals surface area contributed by atoms with E-state index >= 15 is 0 Å². The molecule has 8 heteroatoms. The second-order valence-electron chi connectivity index (χ2n) is 7.07. The summed E-state index contributed by atoms with van der Waals surface area (Å²) in [5, 5.41) is 14.4. The summed E-state index contributed by atoms with van der Waals surface area (Å²) in [7, 11) is 1.77. The van der Waals surface area contributed by atoms with Gasteiger partial charge in [0.05, 0.1) is 15.9 Å². The minimum atomic E-state index is -0.267. The van der Waals surface area contributed by atoms with Crippen molar-refractivity contribution in [3.05, 3.63) is 57.7 Å². The number of H-pyrrole nitrogens is 2. The number of halogens is 2. The van der Waals surface area contributed by atoms with E-state index in [9.17, 15) is 9.18 Å². The Morgan fingerprint density at radius 1 is 1.21 bits per heavy atom. The lowest BCUT2D eigenvalue weighted by atomic mass is 10.1. The molecule has 3 rings (SSSR count). The molecule has 3 aromatic rings. The Kier molecular flexibility index (Phi) is 6.28. The third kappa shape index (κ3) is 4.49. The second kappa shape index (κ2) is 8.68. The van der Waals surface area contributed by atoms with Crippen LogP contribution >= 0.6 is 15.9 Å². The topological polar surface area (TPSA) is 77.7 Å². The molecule has 0 fully saturated rings. The van der Waals surface area contributed by atoms with E-state index in [0.717, 1.165) is 40.0 Å². The van der Waals surface area contributed by atoms with E-state index in [4.69, 9.17) is 0 Å². The van der Waals surface area contributed by atoms with Crippen LogP contribution in [0.1, 0.15) is 48.1 Å². The number of hydrogen-bond donors (Lipinski definition) is 2. The van der Waals surface area contributed by atoms with Crippen molar-refractivity contribution in [1.29, 1.82) is 0 Å². The number of carbonyl (C=O) groups is 1. The van der Waals surface area contributed by atoms with Crippen molar-refractivity contribution in [3.63, 3.8) is 0 Å². The van der Waals surface area contributed by atoms with Crippen LogP contribution in [0.15, 0.2) is 34.8 Å². The molecule has 2 aromatic heterocycles. The van der Waals surface area contributed by atoms with Crippen LogP contribution in [0.2, 0.25) is 0 Å². The van der Waals surface area contributed by atoms with Crippen LogP contribution in [0, 0.1) is 5.82 Å². The zero-order chi connectivity index (χ0) is 20.3. The number of nitrogens with one attached hydrogen (secondary N) is 2. The first kappa shape index (κ1) is 20.3. The molecule has 0 aliphatic heterocycles. The van der Waals surface area contributed by atoms with E-state index in [1.165, 1.54) is 12.1 Å². The number of benzene rings is 1. The van der Waals surface area contributed by atoms with Crippen LogP contribution in [0.4, 0.5) is 4.39 Å². The summed E-state index contributed by atoms with van der Waals surface area (Å²) in [6, 6.07) is 8.20. The number of aryl methyl sites for hydroxylation is 1. The first-order valence-corrected chi connectivity index (χ1v) is 9.95. The third-order valence-corrected chi connectivity index (χ3v) is 5.37. The van der Waals surface area contributed by atoms with Gasteiger partial charge >= 0.3 is 0 Å². The van der Waals surface area contributed by atoms with Crippen LogP contribution < -0.4 is 0 Å². The van der Waals surface area contributed by atoms with Crippen molar-refractivity contribution in [1.82, 2.24) is 25.3 Å². The highest BCUT2D eigenvalue weighted by Gasteiger charge is 2.22. The highest BCUT2D eigenvalue weighted by molar-refractivity contribution is 9.10. The lowest BCUT2D eigenvalue weighted by molar-refractivity contribution is 0.0786. The Bertz CT molecular complexity index is 948. The number of nitrogens with zero attached hydrogens (tertiary/aromatic N) is 3. The summed E-state index contributed by atoms with van der Waals surface area (Å²) < 4.78 is 13.8. The molecule has 6 nitrogen and oxygen atoms in total. The normalized spacial score (nSPS) is 11.2. The lowest BCUT2D eigenvalue weighted by Gasteiger charge is -2.15. The summed E-state index contributed by atoms with van der Waals surface area (Å²) in [4.78, 5) is 14.3. The van der Waals surface area contributed by atoms with Gasteiger partial charge in [-0.3, -0.25) is 15.0 Å². The fourth-order valence-corrected chi connectivity index (χ4v) is 3.72. The highest BCUT2D eigenvalue weighted by Crippen LogP contribution is 2.26. The number of hydrogen-bond acceptors (Lipinski definition) is 3. The summed E-state index contributed by atoms with van der Waals surface area (Å²) in [6.45, 7) is 4.68. The van der Waals surface area contributed by atoms with E-state index < -0.39 is 0 Å². The number of aromatic nitrogens is 4. The molecule has 1 aromatic carbocycles. The zero-order valence-electron chi connectivity index (χ0n) is 16.1. The average molecular weight is 448 g/mol. The molecule has 0 aliphatic rings. The largest absolute Gasteiger partial charge is 0.340 e. The molecule has 2 N–H and O–H groups in total. The van der Waals surface area contributed by atoms with Gasteiger partial charge in [0, 0.05) is 24.8 Å². The number of carbonyl (C=O) groups excluding carboxylic acids is 1. The summed E-state index contributed by atoms with van der Waals surface area (Å²) in [6.07, 6.45) is 1.54. The minimum Gasteiger partial charge on any atom is -0.340 e. The average Bonchev–Trinajstić information content (AvgIpc) is 3.28. The van der Waals surface area contributed by atoms with Crippen LogP contribution in [0.3, 0.4) is 0 Å². The van der Waals surface area contributed by atoms with Gasteiger partial charge in [0.2, 0.25) is 0 Å². The van der Waals surface area contributed by atoms with Crippen molar-refractivity contribution < 1.29 is 9.18 Å². The second-order valence-corrected chi connectivity index (χ2v) is 7.86. The van der Waals surface area contributed by atoms with Gasteiger partial charge in [-0.25, -0.2) is 4.39 Å². The first-order chi connectivity index (χ1) is 13.4. The zero-order valence-corrected chi connectivity index (χ0v) is 17.7. The van der Waals surface area contributed by atoms with Gasteiger partial charge < -0.3 is 4.90 Å². The van der Waals surface area contributed by atoms with Crippen LogP contribution in [-0.4, -0.2) is 44.8 Å². The molecule has 0 spiro atoms. The molecular formula is C20H23BrFN5O. The standard InChI is InChI=1S/C20H23BrFN5O/c1-12(2)18-17(21)19(26-25-18)20(28)27(3)10-4-5-15-11-16(24-23-15)13-6-8-14(22)9-7-13/h6-9,11-12H,4-5,10H2,1-3H3,(H,23,24)(H,25,26). The summed E-state index contributed by atoms with van der Waals surface area (Å²) in [5.41, 5.74) is 3.94. The predicted molar refractivity (Wildman–Crippen MR) is 110 cm³/mol. The number of rotatable bonds is 7. The maximum Gasteiger partial charge on any atom is 0.275 e. The van der Waals surface area contributed by atoms with Gasteiger partial charge in [0.1, 0.15) is 5.82 Å². The van der Waals surface area contributed by atoms with Crippen molar-refractivity contribution >= 4 is 21.8 Å². The molecule has 2 heterocycles. The Labute approximate surface area is 171 Å². The number of aromatic amines is 2. The van der Waals surface area contributed by atoms with Crippen LogP contribution in [0.25, 0.3) is 11.3 Å². The van der Waals surface area contributed by atoms with Gasteiger partial charge in [-0.05, 0) is 65.0 Å². The summed E-state index contributed by atoms with van der Waals surface area (Å²) >= 11 is 3.48. The molecule has 0 atom stereocenters. The molecule has 1 amide bonds. The monoisotopic (exact) mass is 447 g/mol. The SMILES string of the molecule is CC(C)c1[nH]nc(C(=O)N(C)CCCc2cc(-c3ccc(F)cc3)n[nH]2)c1Br. The van der Waals surface area contributed by atoms with Crippen LogP contribution in [-0.2, 0) is 6.42 Å². The van der Waals surface area contributed by atoms with E-state index in [0.29, 0.717) is 12.2 Å². The molecular weight excluding hydrogens is 425 g/mol. The Morgan fingerprint density at radius 3 is 2.57 bits per heavy atom. The fourth-order valence-electron chi connectivity index (χ4n) is 2.91. The van der Waals surface area contributed by atoms with Crippen molar-refractivity contribution in [3.8, 4) is 11.3 Å². The van der Waals surface area contributed by atoms with E-state index in [1.54, 1.807) is 24.1 Å². The Morgan fingerprint density at radius 2 is 1.93 bits per heavy atom. The maximum absolute atomic E-state index is 13.0. The van der Waals surface area contributed by atoms with E-state index in [-0.39, 0.29) is 17.6 Å². The quantitative estimate of drug-likeness (QED) is 0.558. The fraction of sp³-hybridized carbons (Fsp3) is 0.350. The minimum absolute atomic E-state index is 0.119. The maximum atomic E-state index is 13.0. The molecule has 28 heavy (non-hydrogen) atoms. The third-order valence-electron chi connectivity index (χ3n) is 4.57. The van der Waals surface area contributed by atoms with Crippen molar-refractivity contribution in [2.75, 3.05) is 13.6 Å². The Balaban J connectivity index is 1.55. The molecule has 0 unspecified atom stereocenters. The molecule has 0 radical (unpaired) electrons. The van der Waals surface area contributed by atoms with Crippen molar-refractivity contribution in [2.45, 2.75) is 32.6 Å². The van der Waals surface area contributed by atoms with E-state index in [2.05, 4.69) is 36.3 Å². The molecule has 0 saturated carbocycles. The van der Waals surface area contributed by atoms with E-state index in [1.807, 2.05) is 19.9 Å². The molecule has 0 saturated heterocycles. The van der Waals surface area contributed by atoms with Gasteiger partial charge in [-0.15, -0.1) is 0 Å². The lowest BCUT2D eigenvalue weighted by Crippen LogP contribution is -2.28. The van der Waals surface area contributed by atoms with Gasteiger partial charge in [-0.2, -0.15) is 10.2 Å². The Hall–Kier alpha value is -2.48. The van der Waals surface area contributed by atoms with Crippen LogP contribution in [0.5, 0.6) is 0 Å². The van der Waals surface area contributed by atoms with Gasteiger partial charge in [-0.1, -0.05) is 13.8 Å². The predicted octanol–water partition coefficient (Wildman–Crippen LogP) is 4.53.